The zero-order chi connectivity index (χ0) is 16.2. The minimum atomic E-state index is -0.563. The Morgan fingerprint density at radius 2 is 1.87 bits per heavy atom. The number of aromatic nitrogens is 2. The van der Waals surface area contributed by atoms with Crippen LogP contribution in [0.1, 0.15) is 20.7 Å². The summed E-state index contributed by atoms with van der Waals surface area (Å²) < 4.78 is 4.69. The van der Waals surface area contributed by atoms with Gasteiger partial charge < -0.3 is 4.74 Å². The fraction of sp³-hybridized carbons (Fsp3) is 0.0667. The number of nitrogens with zero attached hydrogens (tertiary/aromatic N) is 2. The third kappa shape index (κ3) is 3.27. The van der Waals surface area contributed by atoms with Gasteiger partial charge >= 0.3 is 5.97 Å². The molecule has 6 nitrogen and oxygen atoms in total. The van der Waals surface area contributed by atoms with Crippen LogP contribution in [0, 0.1) is 0 Å². The first-order valence-corrected chi connectivity index (χ1v) is 8.24. The van der Waals surface area contributed by atoms with Gasteiger partial charge in [-0.3, -0.25) is 10.1 Å². The van der Waals surface area contributed by atoms with Gasteiger partial charge in [-0.05, 0) is 23.6 Å². The molecule has 116 valence electrons. The number of thiophene rings is 1. The number of carbonyl (C=O) groups excluding carboxylic acids is 2. The zero-order valence-corrected chi connectivity index (χ0v) is 13.6. The number of anilines is 1. The standard InChI is InChI=1S/C15H11N3O3S2/c1-21-14(20)10-6-3-2-5-9(10)12(19)16-15-18-17-13(23-15)11-7-4-8-22-11/h2-8H,1H3,(H,16,18,19). The van der Waals surface area contributed by atoms with Crippen LogP contribution in [0.5, 0.6) is 0 Å². The van der Waals surface area contributed by atoms with Gasteiger partial charge in [-0.2, -0.15) is 0 Å². The first-order valence-electron chi connectivity index (χ1n) is 6.55. The minimum Gasteiger partial charge on any atom is -0.465 e. The van der Waals surface area contributed by atoms with Gasteiger partial charge in [0, 0.05) is 0 Å². The fourth-order valence-electron chi connectivity index (χ4n) is 1.91. The van der Waals surface area contributed by atoms with E-state index in [9.17, 15) is 9.59 Å². The van der Waals surface area contributed by atoms with Crippen molar-refractivity contribution in [3.05, 3.63) is 52.9 Å². The summed E-state index contributed by atoms with van der Waals surface area (Å²) in [6.07, 6.45) is 0. The summed E-state index contributed by atoms with van der Waals surface area (Å²) in [5.74, 6) is -0.993. The van der Waals surface area contributed by atoms with Crippen LogP contribution in [0.4, 0.5) is 5.13 Å². The Bertz CT molecular complexity index is 843. The summed E-state index contributed by atoms with van der Waals surface area (Å²) in [6.45, 7) is 0. The van der Waals surface area contributed by atoms with E-state index in [2.05, 4.69) is 20.3 Å². The van der Waals surface area contributed by atoms with Gasteiger partial charge in [0.25, 0.3) is 5.91 Å². The second-order valence-electron chi connectivity index (χ2n) is 4.38. The first-order chi connectivity index (χ1) is 11.2. The van der Waals surface area contributed by atoms with Gasteiger partial charge in [-0.1, -0.05) is 29.5 Å². The van der Waals surface area contributed by atoms with Crippen LogP contribution < -0.4 is 5.32 Å². The molecular weight excluding hydrogens is 334 g/mol. The maximum atomic E-state index is 12.4. The molecule has 0 radical (unpaired) electrons. The van der Waals surface area contributed by atoms with Gasteiger partial charge in [-0.25, -0.2) is 4.79 Å². The van der Waals surface area contributed by atoms with E-state index in [0.717, 1.165) is 9.88 Å². The predicted molar refractivity (Wildman–Crippen MR) is 89.0 cm³/mol. The highest BCUT2D eigenvalue weighted by Crippen LogP contribution is 2.29. The molecule has 3 rings (SSSR count). The Morgan fingerprint density at radius 1 is 1.09 bits per heavy atom. The molecular formula is C15H11N3O3S2. The summed E-state index contributed by atoms with van der Waals surface area (Å²) in [5.41, 5.74) is 0.433. The molecule has 0 aliphatic carbocycles. The molecule has 0 aliphatic heterocycles. The second kappa shape index (κ2) is 6.67. The minimum absolute atomic E-state index is 0.204. The number of hydrogen-bond acceptors (Lipinski definition) is 7. The van der Waals surface area contributed by atoms with Crippen LogP contribution in [0.3, 0.4) is 0 Å². The highest BCUT2D eigenvalue weighted by atomic mass is 32.1. The number of esters is 1. The van der Waals surface area contributed by atoms with Crippen molar-refractivity contribution in [2.45, 2.75) is 0 Å². The number of carbonyl (C=O) groups is 2. The lowest BCUT2D eigenvalue weighted by Crippen LogP contribution is -2.17. The van der Waals surface area contributed by atoms with Crippen molar-refractivity contribution in [1.29, 1.82) is 0 Å². The summed E-state index contributed by atoms with van der Waals surface area (Å²) in [6, 6.07) is 10.3. The van der Waals surface area contributed by atoms with E-state index in [4.69, 9.17) is 0 Å². The molecule has 2 heterocycles. The van der Waals surface area contributed by atoms with Gasteiger partial charge in [0.15, 0.2) is 5.01 Å². The molecule has 0 unspecified atom stereocenters. The Kier molecular flexibility index (Phi) is 4.45. The summed E-state index contributed by atoms with van der Waals surface area (Å²) in [7, 11) is 1.27. The van der Waals surface area contributed by atoms with E-state index in [1.54, 1.807) is 29.5 Å². The molecule has 1 aromatic carbocycles. The van der Waals surface area contributed by atoms with Crippen LogP contribution in [-0.2, 0) is 4.74 Å². The molecule has 0 bridgehead atoms. The van der Waals surface area contributed by atoms with Gasteiger partial charge in [-0.15, -0.1) is 21.5 Å². The van der Waals surface area contributed by atoms with Crippen molar-refractivity contribution in [2.75, 3.05) is 12.4 Å². The molecule has 1 N–H and O–H groups in total. The maximum Gasteiger partial charge on any atom is 0.338 e. The fourth-order valence-corrected chi connectivity index (χ4v) is 3.44. The molecule has 0 atom stereocenters. The molecule has 8 heteroatoms. The first kappa shape index (κ1) is 15.3. The second-order valence-corrected chi connectivity index (χ2v) is 6.31. The molecule has 0 spiro atoms. The molecule has 0 aliphatic rings. The third-order valence-electron chi connectivity index (χ3n) is 2.95. The van der Waals surface area contributed by atoms with Crippen LogP contribution in [0.25, 0.3) is 9.88 Å². The topological polar surface area (TPSA) is 81.2 Å². The Labute approximate surface area is 139 Å². The van der Waals surface area contributed by atoms with Crippen LogP contribution >= 0.6 is 22.7 Å². The van der Waals surface area contributed by atoms with Crippen LogP contribution in [0.2, 0.25) is 0 Å². The number of benzene rings is 1. The molecule has 0 saturated heterocycles. The number of nitrogens with one attached hydrogen (secondary N) is 1. The Balaban J connectivity index is 1.82. The molecule has 0 saturated carbocycles. The van der Waals surface area contributed by atoms with Gasteiger partial charge in [0.1, 0.15) is 0 Å². The molecule has 3 aromatic rings. The van der Waals surface area contributed by atoms with E-state index in [1.165, 1.54) is 24.5 Å². The lowest BCUT2D eigenvalue weighted by Gasteiger charge is -2.06. The van der Waals surface area contributed by atoms with E-state index in [0.29, 0.717) is 5.13 Å². The van der Waals surface area contributed by atoms with Crippen molar-refractivity contribution >= 4 is 39.7 Å². The maximum absolute atomic E-state index is 12.4. The van der Waals surface area contributed by atoms with Crippen LogP contribution in [-0.4, -0.2) is 29.2 Å². The third-order valence-corrected chi connectivity index (χ3v) is 4.83. The normalized spacial score (nSPS) is 10.3. The van der Waals surface area contributed by atoms with Crippen molar-refractivity contribution in [3.63, 3.8) is 0 Å². The number of hydrogen-bond donors (Lipinski definition) is 1. The van der Waals surface area contributed by atoms with E-state index >= 15 is 0 Å². The number of amides is 1. The van der Waals surface area contributed by atoms with Crippen molar-refractivity contribution < 1.29 is 14.3 Å². The largest absolute Gasteiger partial charge is 0.465 e. The molecule has 1 amide bonds. The molecule has 23 heavy (non-hydrogen) atoms. The summed E-state index contributed by atoms with van der Waals surface area (Å²) in [4.78, 5) is 25.1. The number of methoxy groups -OCH3 is 1. The Hall–Kier alpha value is -2.58. The molecule has 2 aromatic heterocycles. The smallest absolute Gasteiger partial charge is 0.338 e. The molecule has 0 fully saturated rings. The summed E-state index contributed by atoms with van der Waals surface area (Å²) >= 11 is 2.82. The predicted octanol–water partition coefficient (Wildman–Crippen LogP) is 3.31. The lowest BCUT2D eigenvalue weighted by molar-refractivity contribution is 0.0597. The van der Waals surface area contributed by atoms with Crippen molar-refractivity contribution in [1.82, 2.24) is 10.2 Å². The van der Waals surface area contributed by atoms with Gasteiger partial charge in [0.05, 0.1) is 23.1 Å². The van der Waals surface area contributed by atoms with E-state index in [-0.39, 0.29) is 11.1 Å². The zero-order valence-electron chi connectivity index (χ0n) is 12.0. The van der Waals surface area contributed by atoms with Crippen molar-refractivity contribution in [2.24, 2.45) is 0 Å². The van der Waals surface area contributed by atoms with Crippen molar-refractivity contribution in [3.8, 4) is 9.88 Å². The van der Waals surface area contributed by atoms with E-state index < -0.39 is 11.9 Å². The summed E-state index contributed by atoms with van der Waals surface area (Å²) in [5, 5.41) is 13.7. The van der Waals surface area contributed by atoms with Gasteiger partial charge in [0.2, 0.25) is 5.13 Å². The highest BCUT2D eigenvalue weighted by Gasteiger charge is 2.18. The van der Waals surface area contributed by atoms with E-state index in [1.807, 2.05) is 17.5 Å². The monoisotopic (exact) mass is 345 g/mol. The average Bonchev–Trinajstić information content (AvgIpc) is 3.25. The quantitative estimate of drug-likeness (QED) is 0.734. The number of rotatable bonds is 4. The van der Waals surface area contributed by atoms with Crippen LogP contribution in [0.15, 0.2) is 41.8 Å². The average molecular weight is 345 g/mol. The SMILES string of the molecule is COC(=O)c1ccccc1C(=O)Nc1nnc(-c2cccs2)s1. The number of ether oxygens (including phenoxy) is 1. The Morgan fingerprint density at radius 3 is 2.57 bits per heavy atom. The highest BCUT2D eigenvalue weighted by molar-refractivity contribution is 7.23. The lowest BCUT2D eigenvalue weighted by atomic mass is 10.1.